The Morgan fingerprint density at radius 2 is 0.481 bits per heavy atom. The summed E-state index contributed by atoms with van der Waals surface area (Å²) in [6, 6.07) is 3.46. The van der Waals surface area contributed by atoms with Gasteiger partial charge in [0.05, 0.1) is 0 Å². The molecule has 24 heteroatoms. The lowest BCUT2D eigenvalue weighted by Gasteiger charge is -2.28. The van der Waals surface area contributed by atoms with Gasteiger partial charge in [0, 0.05) is 129 Å². The largest absolute Gasteiger partial charge is 0.500 e. The van der Waals surface area contributed by atoms with Gasteiger partial charge in [-0.1, -0.05) is 43.2 Å². The van der Waals surface area contributed by atoms with Crippen LogP contribution in [0.3, 0.4) is 0 Å². The summed E-state index contributed by atoms with van der Waals surface area (Å²) in [5.74, 6) is 4.23. The van der Waals surface area contributed by atoms with E-state index in [1.54, 1.807) is 42.7 Å². The van der Waals surface area contributed by atoms with E-state index in [9.17, 15) is 0 Å². The van der Waals surface area contributed by atoms with Gasteiger partial charge in [-0.3, -0.25) is 0 Å². The van der Waals surface area contributed by atoms with Gasteiger partial charge >= 0.3 is 35.2 Å². The molecule has 0 radical (unpaired) electrons. The number of hydrogen-bond acceptors (Lipinski definition) is 20. The minimum Gasteiger partial charge on any atom is -0.377 e. The Balaban J connectivity index is 0. The average Bonchev–Trinajstić information content (AvgIpc) is 3.17. The molecule has 0 atom stereocenters. The third-order valence-corrected chi connectivity index (χ3v) is 32.4. The third-order valence-electron chi connectivity index (χ3n) is 7.14. The van der Waals surface area contributed by atoms with Crippen LogP contribution in [0.25, 0.3) is 0 Å². The van der Waals surface area contributed by atoms with E-state index >= 15 is 0 Å². The highest BCUT2D eigenvalue weighted by Crippen LogP contribution is 2.45. The molecular weight excluding hydrogens is 921 g/mol. The fourth-order valence-electron chi connectivity index (χ4n) is 4.72. The van der Waals surface area contributed by atoms with Crippen LogP contribution in [0.1, 0.15) is 67.2 Å². The first-order valence-corrected chi connectivity index (χ1v) is 36.5. The van der Waals surface area contributed by atoms with Crippen LogP contribution in [0, 0.1) is 0 Å². The number of hydrogen-bond donors (Lipinski definition) is 0. The molecule has 12 nitrogen and oxygen atoms in total. The summed E-state index contributed by atoms with van der Waals surface area (Å²) in [4.78, 5) is 0. The van der Waals surface area contributed by atoms with Crippen LogP contribution >= 0.6 is 82.5 Å². The highest BCUT2D eigenvalue weighted by molar-refractivity contribution is 9.26. The highest BCUT2D eigenvalue weighted by Gasteiger charge is 2.41. The molecule has 0 heterocycles. The van der Waals surface area contributed by atoms with Crippen molar-refractivity contribution < 1.29 is 53.1 Å². The zero-order valence-electron chi connectivity index (χ0n) is 34.9. The zero-order valence-corrected chi connectivity index (χ0v) is 45.4. The van der Waals surface area contributed by atoms with Crippen molar-refractivity contribution in [3.05, 3.63) is 0 Å². The van der Waals surface area contributed by atoms with Crippen LogP contribution in [0.2, 0.25) is 24.2 Å². The lowest BCUT2D eigenvalue weighted by Crippen LogP contribution is -2.46. The fourth-order valence-corrected chi connectivity index (χ4v) is 26.7. The topological polar surface area (TPSA) is 111 Å². The van der Waals surface area contributed by atoms with E-state index in [0.717, 1.165) is 72.9 Å². The Morgan fingerprint density at radius 1 is 0.296 bits per heavy atom. The summed E-state index contributed by atoms with van der Waals surface area (Å²) in [7, 11) is 14.9. The lowest BCUT2D eigenvalue weighted by molar-refractivity contribution is 0.0704. The molecule has 0 aromatic rings. The Morgan fingerprint density at radius 3 is 0.648 bits per heavy atom. The highest BCUT2D eigenvalue weighted by atomic mass is 33.7. The summed E-state index contributed by atoms with van der Waals surface area (Å²) in [6.07, 6.45) is 4.13. The van der Waals surface area contributed by atoms with Gasteiger partial charge in [0.15, 0.2) is 0 Å². The summed E-state index contributed by atoms with van der Waals surface area (Å²) in [5, 5.41) is 0. The maximum absolute atomic E-state index is 5.90. The molecule has 328 valence electrons. The number of rotatable bonds is 40. The molecule has 0 aliphatic heterocycles. The minimum atomic E-state index is -2.49. The van der Waals surface area contributed by atoms with Crippen molar-refractivity contribution in [1.82, 2.24) is 0 Å². The van der Waals surface area contributed by atoms with Gasteiger partial charge in [0.25, 0.3) is 0 Å². The smallest absolute Gasteiger partial charge is 0.377 e. The molecule has 0 aromatic carbocycles. The van der Waals surface area contributed by atoms with Crippen LogP contribution in [0.4, 0.5) is 0 Å². The van der Waals surface area contributed by atoms with E-state index in [0.29, 0.717) is 39.6 Å². The van der Waals surface area contributed by atoms with Crippen molar-refractivity contribution >= 4 is 118 Å². The molecule has 0 spiro atoms. The Hall–Kier alpha value is 3.19. The van der Waals surface area contributed by atoms with Crippen LogP contribution in [0.5, 0.6) is 0 Å². The normalized spacial score (nSPS) is 12.7. The predicted octanol–water partition coefficient (Wildman–Crippen LogP) is 10.7. The first-order chi connectivity index (χ1) is 26.1. The Labute approximate surface area is 364 Å². The van der Waals surface area contributed by atoms with Gasteiger partial charge < -0.3 is 53.1 Å². The van der Waals surface area contributed by atoms with Crippen LogP contribution in [-0.4, -0.2) is 141 Å². The minimum absolute atomic E-state index is 0.640. The van der Waals surface area contributed by atoms with E-state index in [4.69, 9.17) is 53.1 Å². The second-order valence-corrected chi connectivity index (χ2v) is 34.7. The standard InChI is InChI=1S/C18H42O6S4Si2.C12H30O6S4Si2/c1-7-19-29(20-8-2,21-9-3)17-13-15-25-27-28-26-16-14-18-30(22-10-4,23-11-5)24-12-6;1-13-23(14-2,15-3)11-7-9-19-21-22-20-10-8-12-24(16-4,17-5)18-6/h7-18H2,1-6H3;7-12H2,1-6H3. The van der Waals surface area contributed by atoms with Gasteiger partial charge in [-0.25, -0.2) is 0 Å². The summed E-state index contributed by atoms with van der Waals surface area (Å²) < 4.78 is 67.9. The van der Waals surface area contributed by atoms with Crippen molar-refractivity contribution in [2.45, 2.75) is 91.4 Å². The molecule has 0 aliphatic carbocycles. The molecule has 54 heavy (non-hydrogen) atoms. The second kappa shape index (κ2) is 40.3. The summed E-state index contributed by atoms with van der Waals surface area (Å²) >= 11 is 0. The van der Waals surface area contributed by atoms with Gasteiger partial charge in [-0.15, -0.1) is 0 Å². The van der Waals surface area contributed by atoms with Crippen molar-refractivity contribution in [3.8, 4) is 0 Å². The molecule has 0 amide bonds. The van der Waals surface area contributed by atoms with Gasteiger partial charge in [-0.05, 0) is 107 Å². The van der Waals surface area contributed by atoms with Gasteiger partial charge in [0.2, 0.25) is 0 Å². The molecule has 0 saturated carbocycles. The van der Waals surface area contributed by atoms with Gasteiger partial charge in [0.1, 0.15) is 0 Å². The molecule has 0 rings (SSSR count). The van der Waals surface area contributed by atoms with Crippen LogP contribution < -0.4 is 0 Å². The molecule has 0 aliphatic rings. The first-order valence-electron chi connectivity index (χ1n) is 18.4. The van der Waals surface area contributed by atoms with E-state index in [2.05, 4.69) is 0 Å². The van der Waals surface area contributed by atoms with Crippen LogP contribution in [0.15, 0.2) is 0 Å². The summed E-state index contributed by atoms with van der Waals surface area (Å²) in [6.45, 7) is 15.8. The second-order valence-electron chi connectivity index (χ2n) is 10.5. The molecule has 0 unspecified atom stereocenters. The van der Waals surface area contributed by atoms with E-state index in [1.165, 1.54) is 0 Å². The zero-order chi connectivity index (χ0) is 40.9. The van der Waals surface area contributed by atoms with E-state index in [-0.39, 0.29) is 0 Å². The van der Waals surface area contributed by atoms with Crippen molar-refractivity contribution in [1.29, 1.82) is 0 Å². The average molecular weight is 994 g/mol. The molecular formula is C30H72O12S8Si4. The molecule has 0 fully saturated rings. The lowest BCUT2D eigenvalue weighted by atomic mass is 10.6. The monoisotopic (exact) mass is 992 g/mol. The molecule has 0 N–H and O–H groups in total. The van der Waals surface area contributed by atoms with Crippen molar-refractivity contribution in [2.24, 2.45) is 0 Å². The summed E-state index contributed by atoms with van der Waals surface area (Å²) in [5.41, 5.74) is 0. The Kier molecular flexibility index (Phi) is 44.2. The molecule has 0 saturated heterocycles. The van der Waals surface area contributed by atoms with Crippen molar-refractivity contribution in [3.63, 3.8) is 0 Å². The third kappa shape index (κ3) is 28.7. The molecule has 0 aromatic heterocycles. The maximum Gasteiger partial charge on any atom is 0.500 e. The van der Waals surface area contributed by atoms with Gasteiger partial charge in [-0.2, -0.15) is 0 Å². The first kappa shape index (κ1) is 59.3. The predicted molar refractivity (Wildman–Crippen MR) is 253 cm³/mol. The quantitative estimate of drug-likeness (QED) is 0.0329. The molecule has 0 bridgehead atoms. The van der Waals surface area contributed by atoms with Crippen LogP contribution in [-0.2, 0) is 53.1 Å². The SMILES string of the molecule is CCO[Si](CCCSSSSCCC[Si](OCC)(OCC)OCC)(OCC)OCC.CO[Si](CCCSSSSCCC[Si](OC)(OC)OC)(OC)OC. The fraction of sp³-hybridized carbons (Fsp3) is 1.00. The van der Waals surface area contributed by atoms with E-state index in [1.807, 2.05) is 124 Å². The van der Waals surface area contributed by atoms with Crippen molar-refractivity contribution in [2.75, 3.05) is 105 Å². The van der Waals surface area contributed by atoms with E-state index < -0.39 is 35.2 Å². The maximum atomic E-state index is 5.90. The Bertz CT molecular complexity index is 698.